The van der Waals surface area contributed by atoms with Crippen molar-refractivity contribution < 1.29 is 14.7 Å². The molecule has 1 amide bonds. The van der Waals surface area contributed by atoms with E-state index in [4.69, 9.17) is 5.11 Å². The van der Waals surface area contributed by atoms with Crippen LogP contribution in [0.5, 0.6) is 0 Å². The average Bonchev–Trinajstić information content (AvgIpc) is 2.84. The van der Waals surface area contributed by atoms with Crippen LogP contribution in [0.3, 0.4) is 0 Å². The number of aromatic amines is 1. The number of carbonyl (C=O) groups excluding carboxylic acids is 1. The predicted molar refractivity (Wildman–Crippen MR) is 65.4 cm³/mol. The van der Waals surface area contributed by atoms with Gasteiger partial charge < -0.3 is 20.7 Å². The number of amides is 1. The topological polar surface area (TPSA) is 133 Å². The minimum absolute atomic E-state index is 0.0945. The summed E-state index contributed by atoms with van der Waals surface area (Å²) in [6, 6.07) is -0.938. The van der Waals surface area contributed by atoms with Crippen LogP contribution in [0.15, 0.2) is 12.7 Å². The molecule has 0 unspecified atom stereocenters. The molecule has 4 N–H and O–H groups in total. The van der Waals surface area contributed by atoms with Crippen molar-refractivity contribution in [2.24, 2.45) is 0 Å². The second kappa shape index (κ2) is 5.29. The first-order valence-corrected chi connectivity index (χ1v) is 5.48. The van der Waals surface area contributed by atoms with E-state index in [0.29, 0.717) is 17.0 Å². The molecule has 2 aromatic heterocycles. The Morgan fingerprint density at radius 3 is 2.95 bits per heavy atom. The lowest BCUT2D eigenvalue weighted by Crippen LogP contribution is -2.41. The Bertz CT molecular complexity index is 610. The zero-order chi connectivity index (χ0) is 13.8. The fourth-order valence-corrected chi connectivity index (χ4v) is 1.42. The lowest BCUT2D eigenvalue weighted by molar-refractivity contribution is -0.141. The van der Waals surface area contributed by atoms with Gasteiger partial charge in [0.25, 0.3) is 0 Å². The van der Waals surface area contributed by atoms with Gasteiger partial charge in [-0.1, -0.05) is 0 Å². The van der Waals surface area contributed by atoms with Gasteiger partial charge in [0, 0.05) is 0 Å². The van der Waals surface area contributed by atoms with E-state index in [9.17, 15) is 9.59 Å². The summed E-state index contributed by atoms with van der Waals surface area (Å²) in [5, 5.41) is 13.8. The first-order valence-electron chi connectivity index (χ1n) is 5.48. The monoisotopic (exact) mass is 264 g/mol. The van der Waals surface area contributed by atoms with Gasteiger partial charge in [-0.2, -0.15) is 0 Å². The van der Waals surface area contributed by atoms with E-state index in [1.165, 1.54) is 19.6 Å². The molecule has 0 saturated carbocycles. The van der Waals surface area contributed by atoms with Gasteiger partial charge in [0.2, 0.25) is 5.91 Å². The van der Waals surface area contributed by atoms with Crippen LogP contribution in [0, 0.1) is 0 Å². The van der Waals surface area contributed by atoms with Crippen LogP contribution in [0.1, 0.15) is 6.92 Å². The number of hydrogen-bond donors (Lipinski definition) is 4. The van der Waals surface area contributed by atoms with E-state index in [-0.39, 0.29) is 6.54 Å². The molecular weight excluding hydrogens is 252 g/mol. The second-order valence-electron chi connectivity index (χ2n) is 3.80. The van der Waals surface area contributed by atoms with Gasteiger partial charge in [-0.05, 0) is 6.92 Å². The number of H-pyrrole nitrogens is 1. The number of hydrogen-bond acceptors (Lipinski definition) is 6. The van der Waals surface area contributed by atoms with E-state index in [1.807, 2.05) is 0 Å². The smallest absolute Gasteiger partial charge is 0.325 e. The molecule has 2 aromatic rings. The second-order valence-corrected chi connectivity index (χ2v) is 3.80. The highest BCUT2D eigenvalue weighted by atomic mass is 16.4. The van der Waals surface area contributed by atoms with E-state index in [1.54, 1.807) is 0 Å². The molecule has 1 atom stereocenters. The summed E-state index contributed by atoms with van der Waals surface area (Å²) >= 11 is 0. The van der Waals surface area contributed by atoms with Crippen molar-refractivity contribution in [2.75, 3.05) is 11.9 Å². The normalized spacial score (nSPS) is 12.1. The summed E-state index contributed by atoms with van der Waals surface area (Å²) in [6.07, 6.45) is 2.79. The minimum atomic E-state index is -1.09. The molecule has 0 saturated heterocycles. The third kappa shape index (κ3) is 2.94. The molecule has 19 heavy (non-hydrogen) atoms. The number of rotatable bonds is 5. The Labute approximate surface area is 107 Å². The van der Waals surface area contributed by atoms with Crippen molar-refractivity contribution in [3.8, 4) is 0 Å². The number of carboxylic acids is 1. The van der Waals surface area contributed by atoms with Crippen molar-refractivity contribution in [1.82, 2.24) is 25.3 Å². The fraction of sp³-hybridized carbons (Fsp3) is 0.300. The van der Waals surface area contributed by atoms with Gasteiger partial charge in [0.1, 0.15) is 17.9 Å². The Hall–Kier alpha value is -2.71. The molecule has 2 rings (SSSR count). The van der Waals surface area contributed by atoms with Crippen LogP contribution in [0.25, 0.3) is 11.2 Å². The van der Waals surface area contributed by atoms with Crippen molar-refractivity contribution in [3.63, 3.8) is 0 Å². The lowest BCUT2D eigenvalue weighted by atomic mass is 10.3. The number of carboxylic acid groups (broad SMARTS) is 1. The molecule has 9 nitrogen and oxygen atoms in total. The van der Waals surface area contributed by atoms with Gasteiger partial charge in [-0.15, -0.1) is 0 Å². The molecule has 100 valence electrons. The molecule has 0 bridgehead atoms. The van der Waals surface area contributed by atoms with Crippen LogP contribution in [0.4, 0.5) is 5.82 Å². The van der Waals surface area contributed by atoms with Crippen LogP contribution in [-0.2, 0) is 9.59 Å². The van der Waals surface area contributed by atoms with Crippen LogP contribution in [0.2, 0.25) is 0 Å². The Morgan fingerprint density at radius 1 is 1.42 bits per heavy atom. The van der Waals surface area contributed by atoms with Gasteiger partial charge in [-0.3, -0.25) is 9.59 Å². The molecule has 0 aromatic carbocycles. The van der Waals surface area contributed by atoms with Crippen LogP contribution >= 0.6 is 0 Å². The quantitative estimate of drug-likeness (QED) is 0.564. The Morgan fingerprint density at radius 2 is 2.21 bits per heavy atom. The number of aromatic nitrogens is 4. The molecule has 0 aliphatic rings. The van der Waals surface area contributed by atoms with Gasteiger partial charge in [0.05, 0.1) is 12.9 Å². The maximum absolute atomic E-state index is 11.5. The van der Waals surface area contributed by atoms with Crippen molar-refractivity contribution in [2.45, 2.75) is 13.0 Å². The van der Waals surface area contributed by atoms with Crippen molar-refractivity contribution in [1.29, 1.82) is 0 Å². The number of nitrogens with zero attached hydrogens (tertiary/aromatic N) is 3. The maximum Gasteiger partial charge on any atom is 0.325 e. The number of anilines is 1. The summed E-state index contributed by atoms with van der Waals surface area (Å²) in [7, 11) is 0. The van der Waals surface area contributed by atoms with Gasteiger partial charge >= 0.3 is 5.97 Å². The molecule has 0 aliphatic heterocycles. The van der Waals surface area contributed by atoms with Gasteiger partial charge in [0.15, 0.2) is 11.5 Å². The van der Waals surface area contributed by atoms with E-state index in [0.717, 1.165) is 0 Å². The highest BCUT2D eigenvalue weighted by Crippen LogP contribution is 2.13. The highest BCUT2D eigenvalue weighted by molar-refractivity contribution is 5.88. The average molecular weight is 264 g/mol. The number of imidazole rings is 1. The third-order valence-corrected chi connectivity index (χ3v) is 2.39. The van der Waals surface area contributed by atoms with Gasteiger partial charge in [-0.25, -0.2) is 15.0 Å². The number of fused-ring (bicyclic) bond motifs is 1. The summed E-state index contributed by atoms with van der Waals surface area (Å²) in [5.74, 6) is -1.10. The van der Waals surface area contributed by atoms with E-state index in [2.05, 4.69) is 30.6 Å². The van der Waals surface area contributed by atoms with E-state index < -0.39 is 17.9 Å². The van der Waals surface area contributed by atoms with E-state index >= 15 is 0 Å². The maximum atomic E-state index is 11.5. The van der Waals surface area contributed by atoms with Crippen molar-refractivity contribution in [3.05, 3.63) is 12.7 Å². The largest absolute Gasteiger partial charge is 0.480 e. The molecule has 0 fully saturated rings. The SMILES string of the molecule is C[C@H](NC(=O)CNc1ncnc2nc[nH]c12)C(=O)O. The predicted octanol–water partition coefficient (Wildman–Crippen LogP) is -0.646. The first-order chi connectivity index (χ1) is 9.08. The summed E-state index contributed by atoms with van der Waals surface area (Å²) in [5.41, 5.74) is 1.07. The number of carbonyl (C=O) groups is 2. The molecule has 0 spiro atoms. The molecule has 0 aliphatic carbocycles. The zero-order valence-electron chi connectivity index (χ0n) is 10.0. The molecule has 2 heterocycles. The van der Waals surface area contributed by atoms with Crippen LogP contribution in [-0.4, -0.2) is 49.5 Å². The standard InChI is InChI=1S/C10H12N6O3/c1-5(10(18)19)16-6(17)2-11-8-7-9(13-3-12-7)15-4-14-8/h3-5H,2H2,1H3,(H,16,17)(H,18,19)(H2,11,12,13,14,15)/t5-/m0/s1. The lowest BCUT2D eigenvalue weighted by Gasteiger charge is -2.10. The zero-order valence-corrected chi connectivity index (χ0v) is 10.0. The highest BCUT2D eigenvalue weighted by Gasteiger charge is 2.14. The fourth-order valence-electron chi connectivity index (χ4n) is 1.42. The summed E-state index contributed by atoms with van der Waals surface area (Å²) < 4.78 is 0. The molecular formula is C10H12N6O3. The third-order valence-electron chi connectivity index (χ3n) is 2.39. The minimum Gasteiger partial charge on any atom is -0.480 e. The first kappa shape index (κ1) is 12.7. The molecule has 9 heteroatoms. The summed E-state index contributed by atoms with van der Waals surface area (Å²) in [6.45, 7) is 1.29. The molecule has 0 radical (unpaired) electrons. The van der Waals surface area contributed by atoms with Crippen molar-refractivity contribution >= 4 is 28.9 Å². The van der Waals surface area contributed by atoms with Crippen LogP contribution < -0.4 is 10.6 Å². The Kier molecular flexibility index (Phi) is 3.55. The summed E-state index contributed by atoms with van der Waals surface area (Å²) in [4.78, 5) is 36.8. The number of nitrogens with one attached hydrogen (secondary N) is 3. The number of aliphatic carboxylic acids is 1. The Balaban J connectivity index is 1.97.